The van der Waals surface area contributed by atoms with Crippen molar-refractivity contribution in [3.8, 4) is 17.2 Å². The van der Waals surface area contributed by atoms with Crippen molar-refractivity contribution < 1.29 is 23.4 Å². The first-order valence-corrected chi connectivity index (χ1v) is 10.2. The van der Waals surface area contributed by atoms with E-state index in [1.165, 1.54) is 24.6 Å². The minimum Gasteiger partial charge on any atom is -0.493 e. The maximum absolute atomic E-state index is 13.8. The zero-order valence-corrected chi connectivity index (χ0v) is 16.9. The summed E-state index contributed by atoms with van der Waals surface area (Å²) in [5.41, 5.74) is 2.06. The van der Waals surface area contributed by atoms with E-state index in [-0.39, 0.29) is 11.7 Å². The van der Waals surface area contributed by atoms with Gasteiger partial charge in [0.15, 0.2) is 11.5 Å². The van der Waals surface area contributed by atoms with Crippen molar-refractivity contribution in [3.63, 3.8) is 0 Å². The van der Waals surface area contributed by atoms with Crippen molar-refractivity contribution in [2.24, 2.45) is 0 Å². The predicted molar refractivity (Wildman–Crippen MR) is 114 cm³/mol. The van der Waals surface area contributed by atoms with Gasteiger partial charge in [0.1, 0.15) is 19.0 Å². The van der Waals surface area contributed by atoms with E-state index in [0.29, 0.717) is 36.1 Å². The molecule has 2 aliphatic heterocycles. The SMILES string of the molecule is COc1cc(/C=C/C(=O)Nc2cc(F)ccc2N2CCCCC2)cc2c1OCCO2. The highest BCUT2D eigenvalue weighted by atomic mass is 19.1. The van der Waals surface area contributed by atoms with E-state index in [1.807, 2.05) is 0 Å². The summed E-state index contributed by atoms with van der Waals surface area (Å²) < 4.78 is 30.4. The van der Waals surface area contributed by atoms with Crippen LogP contribution in [0.15, 0.2) is 36.4 Å². The number of nitrogens with one attached hydrogen (secondary N) is 1. The van der Waals surface area contributed by atoms with Gasteiger partial charge >= 0.3 is 0 Å². The Bertz CT molecular complexity index is 937. The van der Waals surface area contributed by atoms with Crippen LogP contribution in [0.4, 0.5) is 15.8 Å². The summed E-state index contributed by atoms with van der Waals surface area (Å²) in [5.74, 6) is 0.971. The lowest BCUT2D eigenvalue weighted by atomic mass is 10.1. The second-order valence-corrected chi connectivity index (χ2v) is 7.28. The summed E-state index contributed by atoms with van der Waals surface area (Å²) in [4.78, 5) is 14.7. The Morgan fingerprint density at radius 1 is 1.13 bits per heavy atom. The van der Waals surface area contributed by atoms with Crippen molar-refractivity contribution in [2.45, 2.75) is 19.3 Å². The van der Waals surface area contributed by atoms with E-state index in [9.17, 15) is 9.18 Å². The lowest BCUT2D eigenvalue weighted by Gasteiger charge is -2.30. The highest BCUT2D eigenvalue weighted by Gasteiger charge is 2.18. The van der Waals surface area contributed by atoms with Crippen LogP contribution in [0, 0.1) is 5.82 Å². The van der Waals surface area contributed by atoms with Crippen LogP contribution in [0.25, 0.3) is 6.08 Å². The zero-order valence-electron chi connectivity index (χ0n) is 16.9. The molecule has 1 fully saturated rings. The summed E-state index contributed by atoms with van der Waals surface area (Å²) in [6.45, 7) is 2.74. The Kier molecular flexibility index (Phi) is 6.07. The number of rotatable bonds is 5. The fourth-order valence-electron chi connectivity index (χ4n) is 3.75. The van der Waals surface area contributed by atoms with Gasteiger partial charge in [-0.1, -0.05) is 0 Å². The van der Waals surface area contributed by atoms with Crippen LogP contribution in [0.2, 0.25) is 0 Å². The predicted octanol–water partition coefficient (Wildman–Crippen LogP) is 4.25. The molecule has 0 aliphatic carbocycles. The van der Waals surface area contributed by atoms with Gasteiger partial charge in [-0.05, 0) is 61.2 Å². The van der Waals surface area contributed by atoms with Crippen molar-refractivity contribution in [2.75, 3.05) is 43.6 Å². The monoisotopic (exact) mass is 412 g/mol. The second kappa shape index (κ2) is 9.07. The standard InChI is InChI=1S/C23H25FN2O4/c1-28-20-13-16(14-21-23(20)30-12-11-29-21)5-8-22(27)25-18-15-17(24)6-7-19(18)26-9-3-2-4-10-26/h5-8,13-15H,2-4,9-12H2,1H3,(H,25,27)/b8-5+. The molecule has 4 rings (SSSR count). The van der Waals surface area contributed by atoms with Gasteiger partial charge in [-0.25, -0.2) is 4.39 Å². The average Bonchev–Trinajstić information content (AvgIpc) is 2.78. The van der Waals surface area contributed by atoms with Crippen LogP contribution in [-0.2, 0) is 4.79 Å². The van der Waals surface area contributed by atoms with E-state index in [2.05, 4.69) is 10.2 Å². The van der Waals surface area contributed by atoms with Crippen LogP contribution in [0.3, 0.4) is 0 Å². The third-order valence-corrected chi connectivity index (χ3v) is 5.19. The molecule has 0 saturated carbocycles. The maximum atomic E-state index is 13.8. The fraction of sp³-hybridized carbons (Fsp3) is 0.348. The second-order valence-electron chi connectivity index (χ2n) is 7.28. The number of piperidine rings is 1. The third kappa shape index (κ3) is 4.50. The number of methoxy groups -OCH3 is 1. The Morgan fingerprint density at radius 2 is 1.93 bits per heavy atom. The number of ether oxygens (including phenoxy) is 3. The first-order valence-electron chi connectivity index (χ1n) is 10.2. The van der Waals surface area contributed by atoms with Gasteiger partial charge in [-0.15, -0.1) is 0 Å². The quantitative estimate of drug-likeness (QED) is 0.744. The molecule has 2 aromatic rings. The molecule has 1 saturated heterocycles. The van der Waals surface area contributed by atoms with Gasteiger partial charge in [0.25, 0.3) is 0 Å². The molecule has 0 spiro atoms. The number of carbonyl (C=O) groups is 1. The van der Waals surface area contributed by atoms with E-state index in [0.717, 1.165) is 37.2 Å². The molecule has 1 N–H and O–H groups in total. The van der Waals surface area contributed by atoms with Crippen LogP contribution in [0.1, 0.15) is 24.8 Å². The smallest absolute Gasteiger partial charge is 0.248 e. The van der Waals surface area contributed by atoms with Crippen molar-refractivity contribution in [1.82, 2.24) is 0 Å². The molecule has 2 heterocycles. The molecule has 0 atom stereocenters. The molecule has 0 unspecified atom stereocenters. The normalized spacial score (nSPS) is 15.9. The number of anilines is 2. The summed E-state index contributed by atoms with van der Waals surface area (Å²) in [6, 6.07) is 8.09. The van der Waals surface area contributed by atoms with E-state index in [1.54, 1.807) is 31.4 Å². The summed E-state index contributed by atoms with van der Waals surface area (Å²) in [5, 5.41) is 2.82. The molecule has 2 aliphatic rings. The Balaban J connectivity index is 1.51. The zero-order chi connectivity index (χ0) is 20.9. The van der Waals surface area contributed by atoms with Crippen molar-refractivity contribution in [3.05, 3.63) is 47.8 Å². The molecule has 0 radical (unpaired) electrons. The molecule has 158 valence electrons. The maximum Gasteiger partial charge on any atom is 0.248 e. The number of carbonyl (C=O) groups excluding carboxylic acids is 1. The lowest BCUT2D eigenvalue weighted by Crippen LogP contribution is -2.30. The minimum atomic E-state index is -0.383. The van der Waals surface area contributed by atoms with E-state index in [4.69, 9.17) is 14.2 Å². The minimum absolute atomic E-state index is 0.340. The number of amides is 1. The molecule has 0 aromatic heterocycles. The molecule has 2 aromatic carbocycles. The topological polar surface area (TPSA) is 60.0 Å². The molecular formula is C23H25FN2O4. The first kappa shape index (κ1) is 20.1. The number of hydrogen-bond donors (Lipinski definition) is 1. The van der Waals surface area contributed by atoms with Gasteiger partial charge in [0, 0.05) is 19.2 Å². The van der Waals surface area contributed by atoms with Crippen LogP contribution in [0.5, 0.6) is 17.2 Å². The Hall–Kier alpha value is -3.22. The van der Waals surface area contributed by atoms with Crippen LogP contribution >= 0.6 is 0 Å². The largest absolute Gasteiger partial charge is 0.493 e. The number of halogens is 1. The number of benzene rings is 2. The molecule has 0 bridgehead atoms. The summed E-state index contributed by atoms with van der Waals surface area (Å²) in [6.07, 6.45) is 6.46. The van der Waals surface area contributed by atoms with Crippen LogP contribution < -0.4 is 24.4 Å². The molecule has 6 nitrogen and oxygen atoms in total. The van der Waals surface area contributed by atoms with Crippen molar-refractivity contribution in [1.29, 1.82) is 0 Å². The van der Waals surface area contributed by atoms with Gasteiger partial charge in [-0.2, -0.15) is 0 Å². The highest BCUT2D eigenvalue weighted by Crippen LogP contribution is 2.40. The highest BCUT2D eigenvalue weighted by molar-refractivity contribution is 6.03. The van der Waals surface area contributed by atoms with Gasteiger partial charge in [0.2, 0.25) is 11.7 Å². The Morgan fingerprint density at radius 3 is 2.73 bits per heavy atom. The Labute approximate surface area is 175 Å². The fourth-order valence-corrected chi connectivity index (χ4v) is 3.75. The first-order chi connectivity index (χ1) is 14.6. The summed E-state index contributed by atoms with van der Waals surface area (Å²) in [7, 11) is 1.56. The lowest BCUT2D eigenvalue weighted by molar-refractivity contribution is -0.111. The van der Waals surface area contributed by atoms with Crippen molar-refractivity contribution >= 4 is 23.4 Å². The number of nitrogens with zero attached hydrogens (tertiary/aromatic N) is 1. The van der Waals surface area contributed by atoms with E-state index >= 15 is 0 Å². The van der Waals surface area contributed by atoms with Crippen LogP contribution in [-0.4, -0.2) is 39.3 Å². The molecular weight excluding hydrogens is 387 g/mol. The number of fused-ring (bicyclic) bond motifs is 1. The number of hydrogen-bond acceptors (Lipinski definition) is 5. The average molecular weight is 412 g/mol. The molecule has 30 heavy (non-hydrogen) atoms. The summed E-state index contributed by atoms with van der Waals surface area (Å²) >= 11 is 0. The van der Waals surface area contributed by atoms with Gasteiger partial charge in [-0.3, -0.25) is 4.79 Å². The third-order valence-electron chi connectivity index (χ3n) is 5.19. The molecule has 1 amide bonds. The van der Waals surface area contributed by atoms with Gasteiger partial charge < -0.3 is 24.4 Å². The molecule has 7 heteroatoms. The van der Waals surface area contributed by atoms with E-state index < -0.39 is 0 Å². The van der Waals surface area contributed by atoms with Gasteiger partial charge in [0.05, 0.1) is 18.5 Å².